The molecule has 1 aliphatic rings. The Morgan fingerprint density at radius 1 is 1.14 bits per heavy atom. The summed E-state index contributed by atoms with van der Waals surface area (Å²) in [6, 6.07) is 12.7. The summed E-state index contributed by atoms with van der Waals surface area (Å²) in [5.41, 5.74) is 0.911. The molecule has 8 heteroatoms. The zero-order chi connectivity index (χ0) is 20.2. The van der Waals surface area contributed by atoms with Crippen molar-refractivity contribution in [3.63, 3.8) is 0 Å². The molecular weight excluding hydrogens is 370 g/mol. The number of rotatable bonds is 5. The Morgan fingerprint density at radius 2 is 1.86 bits per heavy atom. The van der Waals surface area contributed by atoms with E-state index in [2.05, 4.69) is 20.3 Å². The maximum absolute atomic E-state index is 13.0. The molecule has 4 rings (SSSR count). The highest BCUT2D eigenvalue weighted by atomic mass is 16.5. The monoisotopic (exact) mass is 393 g/mol. The maximum atomic E-state index is 13.0. The summed E-state index contributed by atoms with van der Waals surface area (Å²) in [4.78, 5) is 32.0. The lowest BCUT2D eigenvalue weighted by Crippen LogP contribution is -2.44. The van der Waals surface area contributed by atoms with Gasteiger partial charge in [0.25, 0.3) is 11.5 Å². The molecule has 0 radical (unpaired) electrons. The van der Waals surface area contributed by atoms with E-state index in [1.165, 1.54) is 4.68 Å². The minimum atomic E-state index is -0.314. The van der Waals surface area contributed by atoms with E-state index in [0.29, 0.717) is 30.5 Å². The van der Waals surface area contributed by atoms with Crippen LogP contribution in [0.4, 0.5) is 0 Å². The van der Waals surface area contributed by atoms with Gasteiger partial charge in [0.2, 0.25) is 0 Å². The number of pyridine rings is 1. The second kappa shape index (κ2) is 8.50. The first kappa shape index (κ1) is 19.2. The average Bonchev–Trinajstić information content (AvgIpc) is 2.78. The molecule has 8 nitrogen and oxygen atoms in total. The first-order valence-electron chi connectivity index (χ1n) is 9.62. The molecule has 2 aromatic heterocycles. The average molecular weight is 393 g/mol. The van der Waals surface area contributed by atoms with Gasteiger partial charge in [0.05, 0.1) is 30.3 Å². The number of aromatic nitrogens is 3. The lowest BCUT2D eigenvalue weighted by molar-refractivity contribution is 0.0153. The number of benzene rings is 1. The van der Waals surface area contributed by atoms with E-state index in [4.69, 9.17) is 4.74 Å². The Hall–Kier alpha value is -3.10. The molecule has 1 aromatic carbocycles. The summed E-state index contributed by atoms with van der Waals surface area (Å²) >= 11 is 0. The number of carbonyl (C=O) groups excluding carboxylic acids is 1. The van der Waals surface area contributed by atoms with Crippen LogP contribution in [0.3, 0.4) is 0 Å². The molecule has 0 saturated carbocycles. The van der Waals surface area contributed by atoms with E-state index in [1.807, 2.05) is 18.2 Å². The predicted octanol–water partition coefficient (Wildman–Crippen LogP) is 1.13. The van der Waals surface area contributed by atoms with Gasteiger partial charge in [-0.2, -0.15) is 5.10 Å². The molecular formula is C21H23N5O3. The number of nitrogens with one attached hydrogen (secondary N) is 1. The van der Waals surface area contributed by atoms with Crippen LogP contribution < -0.4 is 10.9 Å². The Bertz CT molecular complexity index is 1060. The van der Waals surface area contributed by atoms with Gasteiger partial charge in [0, 0.05) is 38.3 Å². The van der Waals surface area contributed by atoms with Gasteiger partial charge >= 0.3 is 0 Å². The molecule has 0 spiro atoms. The van der Waals surface area contributed by atoms with Crippen molar-refractivity contribution >= 4 is 16.7 Å². The molecule has 0 unspecified atom stereocenters. The van der Waals surface area contributed by atoms with Crippen LogP contribution in [0.15, 0.2) is 53.5 Å². The second-order valence-electron chi connectivity index (χ2n) is 6.95. The SMILES string of the molecule is Cn1nc(C(=O)NC[C@H](c2ccccn2)N2CCOCC2)c2ccccc2c1=O. The van der Waals surface area contributed by atoms with E-state index < -0.39 is 0 Å². The van der Waals surface area contributed by atoms with Crippen LogP contribution in [0.25, 0.3) is 10.8 Å². The summed E-state index contributed by atoms with van der Waals surface area (Å²) in [5.74, 6) is -0.314. The van der Waals surface area contributed by atoms with Crippen molar-refractivity contribution in [3.05, 3.63) is 70.4 Å². The molecule has 29 heavy (non-hydrogen) atoms. The van der Waals surface area contributed by atoms with E-state index in [9.17, 15) is 9.59 Å². The highest BCUT2D eigenvalue weighted by Crippen LogP contribution is 2.20. The lowest BCUT2D eigenvalue weighted by Gasteiger charge is -2.34. The van der Waals surface area contributed by atoms with Crippen molar-refractivity contribution in [3.8, 4) is 0 Å². The third-order valence-electron chi connectivity index (χ3n) is 5.14. The summed E-state index contributed by atoms with van der Waals surface area (Å²) in [6.07, 6.45) is 1.76. The zero-order valence-electron chi connectivity index (χ0n) is 16.2. The maximum Gasteiger partial charge on any atom is 0.274 e. The van der Waals surface area contributed by atoms with Crippen LogP contribution in [-0.2, 0) is 11.8 Å². The normalized spacial score (nSPS) is 15.9. The largest absolute Gasteiger partial charge is 0.379 e. The van der Waals surface area contributed by atoms with Crippen LogP contribution in [0.2, 0.25) is 0 Å². The van der Waals surface area contributed by atoms with Crippen molar-refractivity contribution in [2.75, 3.05) is 32.8 Å². The van der Waals surface area contributed by atoms with Crippen LogP contribution in [0.1, 0.15) is 22.2 Å². The number of fused-ring (bicyclic) bond motifs is 1. The standard InChI is InChI=1S/C21H23N5O3/c1-25-21(28)16-7-3-2-6-15(16)19(24-25)20(27)23-14-18(17-8-4-5-9-22-17)26-10-12-29-13-11-26/h2-9,18H,10-14H2,1H3,(H,23,27)/t18-/m1/s1. The fraction of sp³-hybridized carbons (Fsp3) is 0.333. The number of ether oxygens (including phenoxy) is 1. The Labute approximate surface area is 168 Å². The Morgan fingerprint density at radius 3 is 2.59 bits per heavy atom. The van der Waals surface area contributed by atoms with Gasteiger partial charge in [-0.3, -0.25) is 19.5 Å². The summed E-state index contributed by atoms with van der Waals surface area (Å²) in [5, 5.41) is 8.23. The molecule has 1 N–H and O–H groups in total. The summed E-state index contributed by atoms with van der Waals surface area (Å²) < 4.78 is 6.67. The van der Waals surface area contributed by atoms with Crippen LogP contribution in [-0.4, -0.2) is 58.4 Å². The first-order chi connectivity index (χ1) is 14.1. The number of hydrogen-bond acceptors (Lipinski definition) is 6. The van der Waals surface area contributed by atoms with Gasteiger partial charge in [0.1, 0.15) is 0 Å². The van der Waals surface area contributed by atoms with E-state index >= 15 is 0 Å². The molecule has 150 valence electrons. The highest BCUT2D eigenvalue weighted by Gasteiger charge is 2.25. The van der Waals surface area contributed by atoms with Crippen LogP contribution in [0.5, 0.6) is 0 Å². The minimum absolute atomic E-state index is 0.0668. The van der Waals surface area contributed by atoms with E-state index in [1.54, 1.807) is 37.5 Å². The molecule has 1 atom stereocenters. The van der Waals surface area contributed by atoms with E-state index in [-0.39, 0.29) is 23.2 Å². The number of nitrogens with zero attached hydrogens (tertiary/aromatic N) is 4. The van der Waals surface area contributed by atoms with Crippen LogP contribution in [0, 0.1) is 0 Å². The fourth-order valence-corrected chi connectivity index (χ4v) is 3.62. The van der Waals surface area contributed by atoms with Gasteiger partial charge in [0.15, 0.2) is 5.69 Å². The van der Waals surface area contributed by atoms with Crippen molar-refractivity contribution in [1.29, 1.82) is 0 Å². The number of hydrogen-bond donors (Lipinski definition) is 1. The summed E-state index contributed by atoms with van der Waals surface area (Å²) in [7, 11) is 1.55. The van der Waals surface area contributed by atoms with Crippen molar-refractivity contribution < 1.29 is 9.53 Å². The van der Waals surface area contributed by atoms with Crippen molar-refractivity contribution in [2.45, 2.75) is 6.04 Å². The van der Waals surface area contributed by atoms with Crippen molar-refractivity contribution in [2.24, 2.45) is 7.05 Å². The third kappa shape index (κ3) is 4.03. The molecule has 0 bridgehead atoms. The predicted molar refractivity (Wildman–Crippen MR) is 109 cm³/mol. The number of amides is 1. The molecule has 0 aliphatic carbocycles. The van der Waals surface area contributed by atoms with Gasteiger partial charge in [-0.1, -0.05) is 24.3 Å². The number of aryl methyl sites for hydroxylation is 1. The van der Waals surface area contributed by atoms with E-state index in [0.717, 1.165) is 18.8 Å². The molecule has 3 heterocycles. The lowest BCUT2D eigenvalue weighted by atomic mass is 10.1. The Balaban J connectivity index is 1.59. The number of morpholine rings is 1. The molecule has 1 amide bonds. The molecule has 1 fully saturated rings. The smallest absolute Gasteiger partial charge is 0.274 e. The summed E-state index contributed by atoms with van der Waals surface area (Å²) in [6.45, 7) is 3.25. The number of carbonyl (C=O) groups is 1. The zero-order valence-corrected chi connectivity index (χ0v) is 16.2. The Kier molecular flexibility index (Phi) is 5.64. The van der Waals surface area contributed by atoms with Crippen molar-refractivity contribution in [1.82, 2.24) is 25.0 Å². The topological polar surface area (TPSA) is 89.3 Å². The third-order valence-corrected chi connectivity index (χ3v) is 5.14. The van der Waals surface area contributed by atoms with Gasteiger partial charge in [-0.25, -0.2) is 4.68 Å². The first-order valence-corrected chi connectivity index (χ1v) is 9.62. The quantitative estimate of drug-likeness (QED) is 0.699. The van der Waals surface area contributed by atoms with Crippen LogP contribution >= 0.6 is 0 Å². The minimum Gasteiger partial charge on any atom is -0.379 e. The van der Waals surface area contributed by atoms with Gasteiger partial charge < -0.3 is 10.1 Å². The fourth-order valence-electron chi connectivity index (χ4n) is 3.62. The molecule has 1 aliphatic heterocycles. The highest BCUT2D eigenvalue weighted by molar-refractivity contribution is 6.04. The van der Waals surface area contributed by atoms with Gasteiger partial charge in [-0.15, -0.1) is 0 Å². The molecule has 3 aromatic rings. The van der Waals surface area contributed by atoms with Gasteiger partial charge in [-0.05, 0) is 18.2 Å². The molecule has 1 saturated heterocycles. The second-order valence-corrected chi connectivity index (χ2v) is 6.95.